The minimum Gasteiger partial charge on any atom is -0.488 e. The third-order valence-corrected chi connectivity index (χ3v) is 2.54. The molecule has 22 heavy (non-hydrogen) atoms. The fourth-order valence-electron chi connectivity index (χ4n) is 1.72. The smallest absolute Gasteiger partial charge is 0.328 e. The van der Waals surface area contributed by atoms with Crippen LogP contribution in [0.4, 0.5) is 0 Å². The molecule has 5 nitrogen and oxygen atoms in total. The van der Waals surface area contributed by atoms with Gasteiger partial charge >= 0.3 is 5.97 Å². The molecule has 1 aromatic carbocycles. The van der Waals surface area contributed by atoms with E-state index in [1.165, 1.54) is 7.11 Å². The lowest BCUT2D eigenvalue weighted by atomic mass is 10.1. The average molecular weight is 309 g/mol. The number of hydrogen-bond donors (Lipinski definition) is 1. The van der Waals surface area contributed by atoms with Crippen molar-refractivity contribution in [1.82, 2.24) is 5.32 Å². The number of carbonyl (C=O) groups is 2. The second-order valence-corrected chi connectivity index (χ2v) is 5.42. The zero-order valence-corrected chi connectivity index (χ0v) is 14.3. The highest BCUT2D eigenvalue weighted by Crippen LogP contribution is 2.19. The zero-order valence-electron chi connectivity index (χ0n) is 14.3. The molecule has 0 aliphatic heterocycles. The van der Waals surface area contributed by atoms with Crippen LogP contribution in [0.3, 0.4) is 0 Å². The van der Waals surface area contributed by atoms with E-state index in [-0.39, 0.29) is 5.60 Å². The van der Waals surface area contributed by atoms with Crippen molar-refractivity contribution in [3.63, 3.8) is 0 Å². The standard InChI is InChI=1S/C15H21NO4.C2H6/c1-15(2,3)20-12-7-5-11(6-8-12)9-13(16-10-17)14(18)19-4;1-2/h5-8,10,13H,9H2,1-4H3,(H,16,17);1-2H3. The molecule has 0 spiro atoms. The fraction of sp³-hybridized carbons (Fsp3) is 0.529. The number of benzene rings is 1. The summed E-state index contributed by atoms with van der Waals surface area (Å²) in [6.07, 6.45) is 0.875. The Morgan fingerprint density at radius 2 is 1.77 bits per heavy atom. The Hall–Kier alpha value is -2.04. The number of rotatable bonds is 6. The van der Waals surface area contributed by atoms with Gasteiger partial charge in [-0.15, -0.1) is 0 Å². The van der Waals surface area contributed by atoms with Gasteiger partial charge in [-0.05, 0) is 38.5 Å². The van der Waals surface area contributed by atoms with Gasteiger partial charge in [-0.1, -0.05) is 26.0 Å². The van der Waals surface area contributed by atoms with E-state index >= 15 is 0 Å². The Balaban J connectivity index is 0.00000211. The predicted octanol–water partition coefficient (Wildman–Crippen LogP) is 2.72. The average Bonchev–Trinajstić information content (AvgIpc) is 2.48. The summed E-state index contributed by atoms with van der Waals surface area (Å²) in [6.45, 7) is 9.92. The molecule has 0 radical (unpaired) electrons. The molecule has 1 aromatic rings. The van der Waals surface area contributed by atoms with Gasteiger partial charge in [-0.2, -0.15) is 0 Å². The lowest BCUT2D eigenvalue weighted by molar-refractivity contribution is -0.144. The van der Waals surface area contributed by atoms with Crippen LogP contribution in [0.5, 0.6) is 5.75 Å². The fourth-order valence-corrected chi connectivity index (χ4v) is 1.72. The van der Waals surface area contributed by atoms with Crippen molar-refractivity contribution in [3.05, 3.63) is 29.8 Å². The van der Waals surface area contributed by atoms with Gasteiger partial charge in [-0.25, -0.2) is 4.79 Å². The first-order valence-corrected chi connectivity index (χ1v) is 7.41. The van der Waals surface area contributed by atoms with Crippen LogP contribution in [0.2, 0.25) is 0 Å². The molecular formula is C17H27NO4. The zero-order chi connectivity index (χ0) is 17.2. The minimum absolute atomic E-state index is 0.255. The highest BCUT2D eigenvalue weighted by molar-refractivity contribution is 5.78. The number of methoxy groups -OCH3 is 1. The summed E-state index contributed by atoms with van der Waals surface area (Å²) in [7, 11) is 1.29. The first-order valence-electron chi connectivity index (χ1n) is 7.41. The Morgan fingerprint density at radius 1 is 1.23 bits per heavy atom. The molecule has 0 heterocycles. The number of nitrogens with one attached hydrogen (secondary N) is 1. The van der Waals surface area contributed by atoms with E-state index in [1.807, 2.05) is 58.9 Å². The largest absolute Gasteiger partial charge is 0.488 e. The Labute approximate surface area is 133 Å². The summed E-state index contributed by atoms with van der Waals surface area (Å²) in [5.41, 5.74) is 0.658. The van der Waals surface area contributed by atoms with Crippen LogP contribution in [0.15, 0.2) is 24.3 Å². The monoisotopic (exact) mass is 309 g/mol. The Morgan fingerprint density at radius 3 is 2.18 bits per heavy atom. The van der Waals surface area contributed by atoms with Crippen molar-refractivity contribution >= 4 is 12.4 Å². The lowest BCUT2D eigenvalue weighted by Gasteiger charge is -2.21. The van der Waals surface area contributed by atoms with Crippen LogP contribution >= 0.6 is 0 Å². The van der Waals surface area contributed by atoms with Gasteiger partial charge in [0.15, 0.2) is 0 Å². The van der Waals surface area contributed by atoms with Gasteiger partial charge in [0, 0.05) is 6.42 Å². The van der Waals surface area contributed by atoms with Crippen molar-refractivity contribution in [2.75, 3.05) is 7.11 Å². The third-order valence-electron chi connectivity index (χ3n) is 2.54. The second kappa shape index (κ2) is 9.82. The number of carbonyl (C=O) groups excluding carboxylic acids is 2. The summed E-state index contributed by atoms with van der Waals surface area (Å²) < 4.78 is 10.4. The van der Waals surface area contributed by atoms with Crippen molar-refractivity contribution in [2.24, 2.45) is 0 Å². The summed E-state index contributed by atoms with van der Waals surface area (Å²) in [5, 5.41) is 2.45. The van der Waals surface area contributed by atoms with Crippen LogP contribution in [-0.4, -0.2) is 31.1 Å². The first-order chi connectivity index (χ1) is 10.4. The minimum atomic E-state index is -0.674. The highest BCUT2D eigenvalue weighted by Gasteiger charge is 2.18. The number of amides is 1. The van der Waals surface area contributed by atoms with E-state index < -0.39 is 12.0 Å². The van der Waals surface area contributed by atoms with E-state index in [4.69, 9.17) is 4.74 Å². The van der Waals surface area contributed by atoms with Crippen LogP contribution in [-0.2, 0) is 20.7 Å². The molecule has 0 aliphatic carbocycles. The van der Waals surface area contributed by atoms with E-state index in [0.717, 1.165) is 11.3 Å². The molecule has 0 saturated heterocycles. The van der Waals surface area contributed by atoms with Crippen LogP contribution in [0, 0.1) is 0 Å². The molecular weight excluding hydrogens is 282 g/mol. The molecule has 1 N–H and O–H groups in total. The normalized spacial score (nSPS) is 11.5. The topological polar surface area (TPSA) is 64.6 Å². The van der Waals surface area contributed by atoms with E-state index in [0.29, 0.717) is 12.8 Å². The Bertz CT molecular complexity index is 449. The van der Waals surface area contributed by atoms with E-state index in [2.05, 4.69) is 10.1 Å². The molecule has 124 valence electrons. The molecule has 0 bridgehead atoms. The summed E-state index contributed by atoms with van der Waals surface area (Å²) >= 11 is 0. The molecule has 1 unspecified atom stereocenters. The van der Waals surface area contributed by atoms with Gasteiger partial charge in [0.05, 0.1) is 7.11 Å². The summed E-state index contributed by atoms with van der Waals surface area (Å²) in [6, 6.07) is 6.74. The quantitative estimate of drug-likeness (QED) is 0.648. The van der Waals surface area contributed by atoms with Crippen LogP contribution in [0.25, 0.3) is 0 Å². The van der Waals surface area contributed by atoms with Crippen LogP contribution in [0.1, 0.15) is 40.2 Å². The molecule has 1 atom stereocenters. The van der Waals surface area contributed by atoms with E-state index in [1.54, 1.807) is 0 Å². The van der Waals surface area contributed by atoms with Crippen molar-refractivity contribution in [3.8, 4) is 5.75 Å². The highest BCUT2D eigenvalue weighted by atomic mass is 16.5. The summed E-state index contributed by atoms with van der Waals surface area (Å²) in [4.78, 5) is 22.0. The summed E-state index contributed by atoms with van der Waals surface area (Å²) in [5.74, 6) is 0.298. The third kappa shape index (κ3) is 7.67. The van der Waals surface area contributed by atoms with Gasteiger partial charge in [0.2, 0.25) is 6.41 Å². The van der Waals surface area contributed by atoms with Crippen molar-refractivity contribution < 1.29 is 19.1 Å². The lowest BCUT2D eigenvalue weighted by Crippen LogP contribution is -2.38. The maximum absolute atomic E-state index is 11.5. The molecule has 0 saturated carbocycles. The second-order valence-electron chi connectivity index (χ2n) is 5.42. The van der Waals surface area contributed by atoms with E-state index in [9.17, 15) is 9.59 Å². The number of hydrogen-bond acceptors (Lipinski definition) is 4. The van der Waals surface area contributed by atoms with Gasteiger partial charge in [0.25, 0.3) is 0 Å². The number of ether oxygens (including phenoxy) is 2. The first kappa shape index (κ1) is 20.0. The molecule has 5 heteroatoms. The van der Waals surface area contributed by atoms with Crippen molar-refractivity contribution in [2.45, 2.75) is 52.7 Å². The maximum Gasteiger partial charge on any atom is 0.328 e. The van der Waals surface area contributed by atoms with Gasteiger partial charge < -0.3 is 14.8 Å². The molecule has 1 amide bonds. The predicted molar refractivity (Wildman–Crippen MR) is 86.9 cm³/mol. The van der Waals surface area contributed by atoms with Crippen molar-refractivity contribution in [1.29, 1.82) is 0 Å². The number of esters is 1. The maximum atomic E-state index is 11.5. The van der Waals surface area contributed by atoms with Crippen LogP contribution < -0.4 is 10.1 Å². The molecule has 0 aliphatic rings. The molecule has 0 aromatic heterocycles. The molecule has 0 fully saturated rings. The molecule has 1 rings (SSSR count). The SMILES string of the molecule is CC.COC(=O)C(Cc1ccc(OC(C)(C)C)cc1)NC=O. The van der Waals surface area contributed by atoms with Gasteiger partial charge in [0.1, 0.15) is 17.4 Å². The Kier molecular flexibility index (Phi) is 8.91. The van der Waals surface area contributed by atoms with Gasteiger partial charge in [-0.3, -0.25) is 4.79 Å².